The molecule has 382 valence electrons. The molecule has 18 heteroatoms. The Balaban J connectivity index is 0.000000386. The van der Waals surface area contributed by atoms with Gasteiger partial charge in [0.15, 0.2) is 18.0 Å². The maximum atomic E-state index is 13.4. The number of hydrogen-bond donors (Lipinski definition) is 2. The first kappa shape index (κ1) is 59.8. The molecule has 2 aromatic carbocycles. The molecule has 4 rings (SSSR count). The van der Waals surface area contributed by atoms with E-state index in [0.717, 1.165) is 28.4 Å². The van der Waals surface area contributed by atoms with Crippen LogP contribution in [0.4, 0.5) is 0 Å². The van der Waals surface area contributed by atoms with Crippen molar-refractivity contribution < 1.29 is 62.9 Å². The van der Waals surface area contributed by atoms with Crippen molar-refractivity contribution in [2.75, 3.05) is 26.8 Å². The molecule has 2 aliphatic heterocycles. The second-order valence-corrected chi connectivity index (χ2v) is 19.9. The second-order valence-electron chi connectivity index (χ2n) is 19.0. The number of rotatable bonds is 26. The van der Waals surface area contributed by atoms with Crippen LogP contribution in [0, 0.1) is 75.5 Å². The van der Waals surface area contributed by atoms with Crippen LogP contribution in [0.1, 0.15) is 127 Å². The van der Waals surface area contributed by atoms with Gasteiger partial charge in [-0.3, -0.25) is 39.4 Å². The van der Waals surface area contributed by atoms with Crippen molar-refractivity contribution in [2.45, 2.75) is 151 Å². The third-order valence-electron chi connectivity index (χ3n) is 12.8. The van der Waals surface area contributed by atoms with E-state index in [0.29, 0.717) is 50.9 Å². The van der Waals surface area contributed by atoms with Gasteiger partial charge in [-0.05, 0) is 104 Å². The Morgan fingerprint density at radius 1 is 0.750 bits per heavy atom. The van der Waals surface area contributed by atoms with Crippen molar-refractivity contribution >= 4 is 40.1 Å². The summed E-state index contributed by atoms with van der Waals surface area (Å²) in [7, 11) is 0. The third-order valence-corrected chi connectivity index (χ3v) is 13.3. The van der Waals surface area contributed by atoms with E-state index in [1.807, 2.05) is 80.5 Å². The minimum absolute atomic E-state index is 0.0276. The fourth-order valence-corrected chi connectivity index (χ4v) is 8.79. The van der Waals surface area contributed by atoms with E-state index in [1.54, 1.807) is 6.07 Å². The number of ether oxygens (including phenoxy) is 5. The number of aliphatic hydroxyl groups is 2. The zero-order valence-electron chi connectivity index (χ0n) is 41.4. The number of nitro groups is 2. The number of halogens is 1. The largest absolute Gasteiger partial charge is 0.464 e. The Kier molecular flexibility index (Phi) is 26.6. The summed E-state index contributed by atoms with van der Waals surface area (Å²) in [5.74, 6) is -2.13. The van der Waals surface area contributed by atoms with Gasteiger partial charge in [0, 0.05) is 58.3 Å². The molecule has 0 amide bonds. The van der Waals surface area contributed by atoms with Crippen molar-refractivity contribution in [3.05, 3.63) is 88.9 Å². The van der Waals surface area contributed by atoms with Crippen molar-refractivity contribution in [2.24, 2.45) is 41.4 Å². The Labute approximate surface area is 409 Å². The number of hydrogen-bond acceptors (Lipinski definition) is 15. The molecule has 0 aromatic heterocycles. The van der Waals surface area contributed by atoms with E-state index in [-0.39, 0.29) is 79.7 Å². The van der Waals surface area contributed by atoms with E-state index < -0.39 is 46.2 Å². The van der Waals surface area contributed by atoms with Gasteiger partial charge in [0.25, 0.3) is 12.5 Å². The zero-order valence-corrected chi connectivity index (χ0v) is 43.0. The van der Waals surface area contributed by atoms with Gasteiger partial charge in [-0.25, -0.2) is 0 Å². The maximum Gasteiger partial charge on any atom is 0.309 e. The molecule has 0 unspecified atom stereocenters. The van der Waals surface area contributed by atoms with Gasteiger partial charge in [0.1, 0.15) is 19.7 Å². The van der Waals surface area contributed by atoms with E-state index in [4.69, 9.17) is 33.9 Å². The van der Waals surface area contributed by atoms with Gasteiger partial charge in [-0.2, -0.15) is 0 Å². The molecule has 2 saturated heterocycles. The number of carbonyl (C=O) groups excluding carboxylic acids is 4. The van der Waals surface area contributed by atoms with Crippen LogP contribution in [0.25, 0.3) is 0 Å². The number of ketones is 1. The number of esters is 2. The molecule has 2 heterocycles. The molecule has 17 nitrogen and oxygen atoms in total. The van der Waals surface area contributed by atoms with Crippen LogP contribution in [-0.2, 0) is 50.9 Å². The summed E-state index contributed by atoms with van der Waals surface area (Å²) in [6, 6.07) is 9.64. The van der Waals surface area contributed by atoms with Crippen LogP contribution < -0.4 is 0 Å². The van der Waals surface area contributed by atoms with Crippen molar-refractivity contribution in [1.82, 2.24) is 0 Å². The lowest BCUT2D eigenvalue weighted by Crippen LogP contribution is -2.39. The van der Waals surface area contributed by atoms with Gasteiger partial charge in [0.2, 0.25) is 6.04 Å². The molecular formula is C50H75BrN2O15. The highest BCUT2D eigenvalue weighted by Crippen LogP contribution is 2.35. The van der Waals surface area contributed by atoms with Crippen molar-refractivity contribution in [3.8, 4) is 0 Å². The number of aliphatic hydroxyl groups excluding tert-OH is 2. The molecule has 0 bridgehead atoms. The average Bonchev–Trinajstić information content (AvgIpc) is 3.86. The van der Waals surface area contributed by atoms with Gasteiger partial charge in [0.05, 0.1) is 18.3 Å². The summed E-state index contributed by atoms with van der Waals surface area (Å²) < 4.78 is 26.5. The molecule has 2 N–H and O–H groups in total. The monoisotopic (exact) mass is 1020 g/mol. The lowest BCUT2D eigenvalue weighted by atomic mass is 9.80. The second kappa shape index (κ2) is 30.3. The van der Waals surface area contributed by atoms with E-state index in [9.17, 15) is 39.4 Å². The van der Waals surface area contributed by atoms with Crippen LogP contribution in [-0.4, -0.2) is 101 Å². The molecule has 68 heavy (non-hydrogen) atoms. The van der Waals surface area contributed by atoms with E-state index in [2.05, 4.69) is 35.0 Å². The van der Waals surface area contributed by atoms with Crippen LogP contribution >= 0.6 is 15.9 Å². The first-order valence-electron chi connectivity index (χ1n) is 23.6. The standard InChI is InChI=1S/C25H37NO7.C14H23NO6.C11H15BrO2/c1-15(2)20(12-22(26(30)31)23-13-21(16(3)4)25(29)33-23)24(28)19-9-8-17(5)18(11-19)7-6-10-32-14-27;1-8(2)10-5-13(21-14(10)17)11(15(18)19)6-12(9(3)4)20-7-16;1-9-4-5-11(12)7-10(9)3-2-6-14-8-13/h8-9,11,15-16,20-23,27H,6-7,10,12-14H2,1-5H3;7-13H,5-6H2,1-4H3;4-5,7,13H,2-3,6,8H2,1H3/t20-,21-,22-,23-;10-,11-,12-,13-;/m00./s1. The molecule has 0 saturated carbocycles. The Morgan fingerprint density at radius 3 is 1.60 bits per heavy atom. The van der Waals surface area contributed by atoms with Crippen LogP contribution in [0.5, 0.6) is 0 Å². The number of cyclic esters (lactones) is 2. The summed E-state index contributed by atoms with van der Waals surface area (Å²) in [6.07, 6.45) is 1.95. The van der Waals surface area contributed by atoms with Crippen LogP contribution in [0.3, 0.4) is 0 Å². The smallest absolute Gasteiger partial charge is 0.309 e. The van der Waals surface area contributed by atoms with E-state index in [1.165, 1.54) is 11.1 Å². The average molecular weight is 1020 g/mol. The minimum atomic E-state index is -1.12. The lowest BCUT2D eigenvalue weighted by molar-refractivity contribution is -0.536. The van der Waals surface area contributed by atoms with Crippen molar-refractivity contribution in [1.29, 1.82) is 0 Å². The summed E-state index contributed by atoms with van der Waals surface area (Å²) in [4.78, 5) is 70.3. The number of aryl methyl sites for hydroxylation is 4. The highest BCUT2D eigenvalue weighted by atomic mass is 79.9. The summed E-state index contributed by atoms with van der Waals surface area (Å²) in [6.45, 7) is 19.9. The van der Waals surface area contributed by atoms with Gasteiger partial charge < -0.3 is 33.9 Å². The predicted molar refractivity (Wildman–Crippen MR) is 258 cm³/mol. The number of nitrogens with zero attached hydrogens (tertiary/aromatic N) is 2. The van der Waals surface area contributed by atoms with Crippen molar-refractivity contribution in [3.63, 3.8) is 0 Å². The topological polar surface area (TPSA) is 241 Å². The molecular weight excluding hydrogens is 948 g/mol. The van der Waals surface area contributed by atoms with Gasteiger partial charge >= 0.3 is 11.9 Å². The highest BCUT2D eigenvalue weighted by Gasteiger charge is 2.48. The number of Topliss-reactive ketones (excluding diaryl/α,β-unsaturated/α-hetero) is 1. The van der Waals surface area contributed by atoms with Gasteiger partial charge in [-0.15, -0.1) is 0 Å². The first-order chi connectivity index (χ1) is 32.1. The predicted octanol–water partition coefficient (Wildman–Crippen LogP) is 8.44. The molecule has 2 aliphatic rings. The van der Waals surface area contributed by atoms with Crippen LogP contribution in [0.15, 0.2) is 40.9 Å². The van der Waals surface area contributed by atoms with Crippen LogP contribution in [0.2, 0.25) is 0 Å². The normalized spacial score (nSPS) is 19.6. The molecule has 0 spiro atoms. The first-order valence-corrected chi connectivity index (χ1v) is 24.4. The fraction of sp³-hybridized carbons (Fsp3) is 0.680. The molecule has 2 aromatic rings. The summed E-state index contributed by atoms with van der Waals surface area (Å²) in [5, 5.41) is 40.4. The molecule has 8 atom stereocenters. The summed E-state index contributed by atoms with van der Waals surface area (Å²) >= 11 is 3.45. The Morgan fingerprint density at radius 2 is 1.21 bits per heavy atom. The maximum absolute atomic E-state index is 13.4. The van der Waals surface area contributed by atoms with E-state index >= 15 is 0 Å². The lowest BCUT2D eigenvalue weighted by Gasteiger charge is -2.24. The molecule has 0 aliphatic carbocycles. The summed E-state index contributed by atoms with van der Waals surface area (Å²) in [5.41, 5.74) is 5.23. The quantitative estimate of drug-likeness (QED) is 0.0131. The molecule has 0 radical (unpaired) electrons. The number of carbonyl (C=O) groups is 4. The molecule has 2 fully saturated rings. The Bertz CT molecular complexity index is 1920. The SMILES string of the molecule is CC(C)[C@H](C[C@@H]([C@@H]1C[C@@H](C(C)C)C(=O)O1)[N+](=O)[O-])OC=O.Cc1ccc(Br)cc1CCCOCO.Cc1ccc(C(=O)[C@@H](C[C@@H]([C@@H]2C[C@@H](C(C)C)C(=O)O2)[N+](=O)[O-])C(C)C)cc1CCCOCO. The highest BCUT2D eigenvalue weighted by molar-refractivity contribution is 9.10. The fourth-order valence-electron chi connectivity index (χ4n) is 8.38. The Hall–Kier alpha value is -4.36. The minimum Gasteiger partial charge on any atom is -0.464 e. The third kappa shape index (κ3) is 19.2. The number of benzene rings is 2. The van der Waals surface area contributed by atoms with Gasteiger partial charge in [-0.1, -0.05) is 89.5 Å². The zero-order chi connectivity index (χ0) is 51.2.